The molecule has 1 aromatic carbocycles. The molecule has 4 aliphatic rings. The fraction of sp³-hybridized carbons (Fsp3) is 0.667. The van der Waals surface area contributed by atoms with Crippen LogP contribution in [0.2, 0.25) is 0 Å². The minimum atomic E-state index is -0.324. The molecule has 2 unspecified atom stereocenters. The van der Waals surface area contributed by atoms with Gasteiger partial charge in [0.2, 0.25) is 0 Å². The molecule has 4 fully saturated rings. The SMILES string of the molecule is COC1(OC)[C@@H]2CC3C[C@H]1CC(c1ccc(Br)cc1)(C3)C2. The van der Waals surface area contributed by atoms with Crippen LogP contribution < -0.4 is 0 Å². The second-order valence-electron chi connectivity index (χ2n) is 7.26. The normalized spacial score (nSPS) is 39.7. The second-order valence-corrected chi connectivity index (χ2v) is 8.18. The van der Waals surface area contributed by atoms with Crippen molar-refractivity contribution in [2.45, 2.75) is 43.3 Å². The molecule has 0 heterocycles. The molecule has 1 aromatic rings. The summed E-state index contributed by atoms with van der Waals surface area (Å²) in [5.41, 5.74) is 1.88. The van der Waals surface area contributed by atoms with Crippen molar-refractivity contribution >= 4 is 15.9 Å². The molecule has 0 aliphatic heterocycles. The van der Waals surface area contributed by atoms with Crippen LogP contribution in [0.1, 0.15) is 37.7 Å². The molecular weight excluding hydrogens is 328 g/mol. The number of benzene rings is 1. The van der Waals surface area contributed by atoms with E-state index in [0.717, 1.165) is 5.92 Å². The van der Waals surface area contributed by atoms with Gasteiger partial charge in [0, 0.05) is 30.5 Å². The van der Waals surface area contributed by atoms with E-state index in [9.17, 15) is 0 Å². The first-order valence-corrected chi connectivity index (χ1v) is 8.77. The fourth-order valence-electron chi connectivity index (χ4n) is 5.83. The predicted molar refractivity (Wildman–Crippen MR) is 86.1 cm³/mol. The molecule has 2 nitrogen and oxygen atoms in total. The molecule has 4 bridgehead atoms. The van der Waals surface area contributed by atoms with E-state index in [-0.39, 0.29) is 5.79 Å². The Morgan fingerprint density at radius 2 is 1.52 bits per heavy atom. The van der Waals surface area contributed by atoms with Gasteiger partial charge >= 0.3 is 0 Å². The predicted octanol–water partition coefficient (Wildman–Crippen LogP) is 4.52. The first-order chi connectivity index (χ1) is 10.1. The van der Waals surface area contributed by atoms with E-state index in [4.69, 9.17) is 9.47 Å². The quantitative estimate of drug-likeness (QED) is 0.746. The molecule has 114 valence electrons. The lowest BCUT2D eigenvalue weighted by Gasteiger charge is -2.64. The van der Waals surface area contributed by atoms with Gasteiger partial charge in [-0.25, -0.2) is 0 Å². The molecule has 3 heteroatoms. The molecule has 0 saturated heterocycles. The maximum atomic E-state index is 5.93. The maximum Gasteiger partial charge on any atom is 0.173 e. The average Bonchev–Trinajstić information content (AvgIpc) is 2.48. The third-order valence-electron chi connectivity index (χ3n) is 6.42. The van der Waals surface area contributed by atoms with E-state index in [0.29, 0.717) is 17.3 Å². The van der Waals surface area contributed by atoms with Crippen LogP contribution in [0, 0.1) is 17.8 Å². The van der Waals surface area contributed by atoms with Crippen molar-refractivity contribution in [2.75, 3.05) is 14.2 Å². The highest BCUT2D eigenvalue weighted by molar-refractivity contribution is 9.10. The second kappa shape index (κ2) is 4.81. The van der Waals surface area contributed by atoms with Crippen LogP contribution in [0.3, 0.4) is 0 Å². The van der Waals surface area contributed by atoms with Crippen LogP contribution in [0.5, 0.6) is 0 Å². The van der Waals surface area contributed by atoms with Crippen LogP contribution >= 0.6 is 15.9 Å². The first kappa shape index (κ1) is 14.2. The summed E-state index contributed by atoms with van der Waals surface area (Å²) in [6.45, 7) is 0. The van der Waals surface area contributed by atoms with Crippen LogP contribution in [0.4, 0.5) is 0 Å². The van der Waals surface area contributed by atoms with Gasteiger partial charge < -0.3 is 9.47 Å². The molecule has 4 saturated carbocycles. The van der Waals surface area contributed by atoms with Crippen LogP contribution in [0.25, 0.3) is 0 Å². The van der Waals surface area contributed by atoms with Gasteiger partial charge in [-0.1, -0.05) is 28.1 Å². The van der Waals surface area contributed by atoms with E-state index in [1.54, 1.807) is 0 Å². The van der Waals surface area contributed by atoms with E-state index in [1.807, 2.05) is 14.2 Å². The van der Waals surface area contributed by atoms with Crippen molar-refractivity contribution in [2.24, 2.45) is 17.8 Å². The standard InChI is InChI=1S/C18H23BrO2/c1-20-18(21-2)14-7-12-8-15(18)11-17(9-12,10-14)13-3-5-16(19)6-4-13/h3-6,12,14-15H,7-11H2,1-2H3/t12?,14-,15+,17?. The number of hydrogen-bond acceptors (Lipinski definition) is 2. The Bertz CT molecular complexity index is 517. The smallest absolute Gasteiger partial charge is 0.173 e. The number of ether oxygens (including phenoxy) is 2. The highest BCUT2D eigenvalue weighted by Gasteiger charge is 2.63. The van der Waals surface area contributed by atoms with Crippen LogP contribution in [-0.2, 0) is 14.9 Å². The van der Waals surface area contributed by atoms with Gasteiger partial charge in [0.1, 0.15) is 0 Å². The molecule has 0 aromatic heterocycles. The minimum Gasteiger partial charge on any atom is -0.353 e. The maximum absolute atomic E-state index is 5.93. The minimum absolute atomic E-state index is 0.324. The highest BCUT2D eigenvalue weighted by atomic mass is 79.9. The highest BCUT2D eigenvalue weighted by Crippen LogP contribution is 2.65. The van der Waals surface area contributed by atoms with E-state index in [2.05, 4.69) is 40.2 Å². The topological polar surface area (TPSA) is 18.5 Å². The van der Waals surface area contributed by atoms with Crippen molar-refractivity contribution in [3.63, 3.8) is 0 Å². The lowest BCUT2D eigenvalue weighted by Crippen LogP contribution is -2.63. The van der Waals surface area contributed by atoms with Crippen LogP contribution in [-0.4, -0.2) is 20.0 Å². The summed E-state index contributed by atoms with van der Waals surface area (Å²) in [5, 5.41) is 0. The Labute approximate surface area is 135 Å². The Morgan fingerprint density at radius 1 is 0.952 bits per heavy atom. The molecule has 4 aliphatic carbocycles. The Kier molecular flexibility index (Phi) is 3.26. The Balaban J connectivity index is 1.73. The van der Waals surface area contributed by atoms with Gasteiger partial charge in [0.05, 0.1) is 0 Å². The van der Waals surface area contributed by atoms with Gasteiger partial charge in [-0.3, -0.25) is 0 Å². The van der Waals surface area contributed by atoms with E-state index >= 15 is 0 Å². The van der Waals surface area contributed by atoms with E-state index in [1.165, 1.54) is 42.1 Å². The Morgan fingerprint density at radius 3 is 2.05 bits per heavy atom. The van der Waals surface area contributed by atoms with Gasteiger partial charge in [-0.2, -0.15) is 0 Å². The summed E-state index contributed by atoms with van der Waals surface area (Å²) < 4.78 is 13.0. The monoisotopic (exact) mass is 350 g/mol. The average molecular weight is 351 g/mol. The zero-order valence-electron chi connectivity index (χ0n) is 12.8. The van der Waals surface area contributed by atoms with Crippen molar-refractivity contribution in [1.82, 2.24) is 0 Å². The molecule has 0 spiro atoms. The van der Waals surface area contributed by atoms with Gasteiger partial charge in [0.25, 0.3) is 0 Å². The van der Waals surface area contributed by atoms with E-state index < -0.39 is 0 Å². The first-order valence-electron chi connectivity index (χ1n) is 7.98. The number of methoxy groups -OCH3 is 2. The lowest BCUT2D eigenvalue weighted by atomic mass is 9.46. The zero-order chi connectivity index (χ0) is 14.7. The third kappa shape index (κ3) is 1.90. The third-order valence-corrected chi connectivity index (χ3v) is 6.95. The molecule has 21 heavy (non-hydrogen) atoms. The largest absolute Gasteiger partial charge is 0.353 e. The summed E-state index contributed by atoms with van der Waals surface area (Å²) in [4.78, 5) is 0. The van der Waals surface area contributed by atoms with Gasteiger partial charge in [-0.15, -0.1) is 0 Å². The lowest BCUT2D eigenvalue weighted by molar-refractivity contribution is -0.322. The molecule has 0 radical (unpaired) electrons. The number of hydrogen-bond donors (Lipinski definition) is 0. The van der Waals surface area contributed by atoms with Crippen molar-refractivity contribution < 1.29 is 9.47 Å². The van der Waals surface area contributed by atoms with Crippen molar-refractivity contribution in [3.8, 4) is 0 Å². The van der Waals surface area contributed by atoms with Crippen molar-refractivity contribution in [3.05, 3.63) is 34.3 Å². The summed E-state index contributed by atoms with van der Waals surface area (Å²) in [5.74, 6) is 1.62. The van der Waals surface area contributed by atoms with Crippen molar-refractivity contribution in [1.29, 1.82) is 0 Å². The number of halogens is 1. The zero-order valence-corrected chi connectivity index (χ0v) is 14.4. The fourth-order valence-corrected chi connectivity index (χ4v) is 6.10. The molecule has 0 amide bonds. The summed E-state index contributed by atoms with van der Waals surface area (Å²) in [6, 6.07) is 9.01. The summed E-state index contributed by atoms with van der Waals surface area (Å²) in [6.07, 6.45) is 6.32. The Hall–Kier alpha value is -0.380. The number of rotatable bonds is 3. The summed E-state index contributed by atoms with van der Waals surface area (Å²) in [7, 11) is 3.66. The molecule has 4 atom stereocenters. The van der Waals surface area contributed by atoms with Gasteiger partial charge in [-0.05, 0) is 61.1 Å². The van der Waals surface area contributed by atoms with Crippen LogP contribution in [0.15, 0.2) is 28.7 Å². The molecule has 0 N–H and O–H groups in total. The van der Waals surface area contributed by atoms with Gasteiger partial charge in [0.15, 0.2) is 5.79 Å². The molecular formula is C18H23BrO2. The molecule has 5 rings (SSSR count). The summed E-state index contributed by atoms with van der Waals surface area (Å²) >= 11 is 3.56.